The Morgan fingerprint density at radius 1 is 1.05 bits per heavy atom. The summed E-state index contributed by atoms with van der Waals surface area (Å²) in [5, 5.41) is 2.07. The Balaban J connectivity index is 1.64. The molecule has 0 saturated carbocycles. The van der Waals surface area contributed by atoms with E-state index in [9.17, 15) is 8.42 Å². The number of sulfonamides is 1. The van der Waals surface area contributed by atoms with Gasteiger partial charge in [0, 0.05) is 42.1 Å². The van der Waals surface area contributed by atoms with Gasteiger partial charge in [0.15, 0.2) is 0 Å². The van der Waals surface area contributed by atoms with Gasteiger partial charge in [-0.05, 0) is 35.7 Å². The van der Waals surface area contributed by atoms with Crippen LogP contribution in [0, 0.1) is 0 Å². The third-order valence-corrected chi connectivity index (χ3v) is 7.04. The summed E-state index contributed by atoms with van der Waals surface area (Å²) in [6, 6.07) is 11.0. The molecule has 0 amide bonds. The van der Waals surface area contributed by atoms with Gasteiger partial charge in [-0.15, -0.1) is 11.3 Å². The zero-order valence-electron chi connectivity index (χ0n) is 12.0. The van der Waals surface area contributed by atoms with Crippen molar-refractivity contribution < 1.29 is 8.42 Å². The SMILES string of the molecule is O=S(=O)(c1ccc(Br)cc1)N1CCN(Cc2cccs2)CC1. The highest BCUT2D eigenvalue weighted by Gasteiger charge is 2.28. The van der Waals surface area contributed by atoms with Crippen molar-refractivity contribution >= 4 is 37.3 Å². The van der Waals surface area contributed by atoms with Crippen LogP contribution in [0.4, 0.5) is 0 Å². The lowest BCUT2D eigenvalue weighted by atomic mass is 10.3. The fourth-order valence-electron chi connectivity index (χ4n) is 2.51. The Kier molecular flexibility index (Phi) is 4.99. The topological polar surface area (TPSA) is 40.6 Å². The number of benzene rings is 1. The summed E-state index contributed by atoms with van der Waals surface area (Å²) in [6.07, 6.45) is 0. The van der Waals surface area contributed by atoms with Crippen molar-refractivity contribution in [2.75, 3.05) is 26.2 Å². The maximum absolute atomic E-state index is 12.6. The smallest absolute Gasteiger partial charge is 0.243 e. The number of thiophene rings is 1. The maximum atomic E-state index is 12.6. The molecule has 0 unspecified atom stereocenters. The van der Waals surface area contributed by atoms with Crippen LogP contribution < -0.4 is 0 Å². The summed E-state index contributed by atoms with van der Waals surface area (Å²) in [5.74, 6) is 0. The molecule has 0 aliphatic carbocycles. The van der Waals surface area contributed by atoms with E-state index < -0.39 is 10.0 Å². The zero-order chi connectivity index (χ0) is 15.6. The van der Waals surface area contributed by atoms with Crippen LogP contribution in [-0.2, 0) is 16.6 Å². The Hall–Kier alpha value is -0.730. The van der Waals surface area contributed by atoms with E-state index in [4.69, 9.17) is 0 Å². The first-order chi connectivity index (χ1) is 10.6. The maximum Gasteiger partial charge on any atom is 0.243 e. The van der Waals surface area contributed by atoms with E-state index in [-0.39, 0.29) is 0 Å². The lowest BCUT2D eigenvalue weighted by Crippen LogP contribution is -2.48. The predicted octanol–water partition coefficient (Wildman–Crippen LogP) is 3.02. The molecule has 1 aromatic carbocycles. The van der Waals surface area contributed by atoms with Gasteiger partial charge in [0.1, 0.15) is 0 Å². The average Bonchev–Trinajstić information content (AvgIpc) is 3.01. The van der Waals surface area contributed by atoms with E-state index in [1.165, 1.54) is 4.88 Å². The standard InChI is InChI=1S/C15H17BrN2O2S2/c16-13-3-5-15(6-4-13)22(19,20)18-9-7-17(8-10-18)12-14-2-1-11-21-14/h1-6,11H,7-10,12H2. The molecule has 1 fully saturated rings. The van der Waals surface area contributed by atoms with Crippen molar-refractivity contribution in [3.8, 4) is 0 Å². The van der Waals surface area contributed by atoms with E-state index in [2.05, 4.69) is 32.3 Å². The highest BCUT2D eigenvalue weighted by atomic mass is 79.9. The van der Waals surface area contributed by atoms with Gasteiger partial charge in [-0.2, -0.15) is 4.31 Å². The molecule has 0 spiro atoms. The molecule has 7 heteroatoms. The second-order valence-corrected chi connectivity index (χ2v) is 9.10. The van der Waals surface area contributed by atoms with Crippen LogP contribution >= 0.6 is 27.3 Å². The number of nitrogens with zero attached hydrogens (tertiary/aromatic N) is 2. The molecule has 0 radical (unpaired) electrons. The minimum Gasteiger partial charge on any atom is -0.296 e. The number of hydrogen-bond acceptors (Lipinski definition) is 4. The molecule has 1 aromatic heterocycles. The van der Waals surface area contributed by atoms with Crippen LogP contribution in [0.5, 0.6) is 0 Å². The molecule has 0 bridgehead atoms. The van der Waals surface area contributed by atoms with Gasteiger partial charge in [0.05, 0.1) is 4.90 Å². The molecule has 2 heterocycles. The van der Waals surface area contributed by atoms with Gasteiger partial charge in [-0.1, -0.05) is 22.0 Å². The highest BCUT2D eigenvalue weighted by Crippen LogP contribution is 2.21. The Morgan fingerprint density at radius 2 is 1.73 bits per heavy atom. The van der Waals surface area contributed by atoms with Crippen molar-refractivity contribution in [3.05, 3.63) is 51.1 Å². The van der Waals surface area contributed by atoms with E-state index in [1.54, 1.807) is 39.9 Å². The van der Waals surface area contributed by atoms with Crippen molar-refractivity contribution in [3.63, 3.8) is 0 Å². The van der Waals surface area contributed by atoms with Gasteiger partial charge in [0.2, 0.25) is 10.0 Å². The van der Waals surface area contributed by atoms with Crippen molar-refractivity contribution in [2.45, 2.75) is 11.4 Å². The van der Waals surface area contributed by atoms with Crippen molar-refractivity contribution in [2.24, 2.45) is 0 Å². The van der Waals surface area contributed by atoms with Crippen molar-refractivity contribution in [1.29, 1.82) is 0 Å². The molecule has 1 aliphatic heterocycles. The first-order valence-corrected chi connectivity index (χ1v) is 10.2. The quantitative estimate of drug-likeness (QED) is 0.791. The monoisotopic (exact) mass is 400 g/mol. The van der Waals surface area contributed by atoms with E-state index in [0.717, 1.165) is 24.1 Å². The van der Waals surface area contributed by atoms with Gasteiger partial charge in [-0.3, -0.25) is 4.90 Å². The van der Waals surface area contributed by atoms with Crippen LogP contribution in [0.2, 0.25) is 0 Å². The number of halogens is 1. The van der Waals surface area contributed by atoms with Gasteiger partial charge in [-0.25, -0.2) is 8.42 Å². The fourth-order valence-corrected chi connectivity index (χ4v) is 4.94. The summed E-state index contributed by atoms with van der Waals surface area (Å²) in [5.41, 5.74) is 0. The molecule has 1 aliphatic rings. The summed E-state index contributed by atoms with van der Waals surface area (Å²) >= 11 is 5.07. The molecule has 4 nitrogen and oxygen atoms in total. The molecule has 3 rings (SSSR count). The lowest BCUT2D eigenvalue weighted by molar-refractivity contribution is 0.183. The molecular weight excluding hydrogens is 384 g/mol. The summed E-state index contributed by atoms with van der Waals surface area (Å²) in [6.45, 7) is 3.54. The normalized spacial score (nSPS) is 17.7. The third kappa shape index (κ3) is 3.60. The summed E-state index contributed by atoms with van der Waals surface area (Å²) in [4.78, 5) is 3.99. The molecule has 2 aromatic rings. The van der Waals surface area contributed by atoms with E-state index >= 15 is 0 Å². The highest BCUT2D eigenvalue weighted by molar-refractivity contribution is 9.10. The number of piperazine rings is 1. The largest absolute Gasteiger partial charge is 0.296 e. The average molecular weight is 401 g/mol. The van der Waals surface area contributed by atoms with E-state index in [0.29, 0.717) is 18.0 Å². The van der Waals surface area contributed by atoms with Crippen LogP contribution in [-0.4, -0.2) is 43.8 Å². The van der Waals surface area contributed by atoms with Gasteiger partial charge >= 0.3 is 0 Å². The van der Waals surface area contributed by atoms with Crippen LogP contribution in [0.1, 0.15) is 4.88 Å². The van der Waals surface area contributed by atoms with E-state index in [1.807, 2.05) is 6.07 Å². The Morgan fingerprint density at radius 3 is 2.32 bits per heavy atom. The minimum atomic E-state index is -3.38. The minimum absolute atomic E-state index is 0.363. The second kappa shape index (κ2) is 6.80. The molecule has 0 N–H and O–H groups in total. The fraction of sp³-hybridized carbons (Fsp3) is 0.333. The van der Waals surface area contributed by atoms with Crippen molar-refractivity contribution in [1.82, 2.24) is 9.21 Å². The second-order valence-electron chi connectivity index (χ2n) is 5.21. The molecule has 1 saturated heterocycles. The van der Waals surface area contributed by atoms with Crippen LogP contribution in [0.3, 0.4) is 0 Å². The van der Waals surface area contributed by atoms with Gasteiger partial charge < -0.3 is 0 Å². The van der Waals surface area contributed by atoms with Crippen LogP contribution in [0.15, 0.2) is 51.1 Å². The number of rotatable bonds is 4. The lowest BCUT2D eigenvalue weighted by Gasteiger charge is -2.33. The molecular formula is C15H17BrN2O2S2. The molecule has 0 atom stereocenters. The molecule has 22 heavy (non-hydrogen) atoms. The summed E-state index contributed by atoms with van der Waals surface area (Å²) < 4.78 is 27.7. The van der Waals surface area contributed by atoms with Gasteiger partial charge in [0.25, 0.3) is 0 Å². The summed E-state index contributed by atoms with van der Waals surface area (Å²) in [7, 11) is -3.38. The molecule has 118 valence electrons. The Bertz CT molecular complexity index is 707. The first-order valence-electron chi connectivity index (χ1n) is 7.06. The van der Waals surface area contributed by atoms with Crippen LogP contribution in [0.25, 0.3) is 0 Å². The first kappa shape index (κ1) is 16.1. The Labute approximate surface area is 143 Å². The third-order valence-electron chi connectivity index (χ3n) is 3.74. The predicted molar refractivity (Wildman–Crippen MR) is 92.5 cm³/mol. The number of hydrogen-bond donors (Lipinski definition) is 0. The zero-order valence-corrected chi connectivity index (χ0v) is 15.2.